The largest absolute Gasteiger partial charge is 0.471 e. The average molecular weight is 186 g/mol. The van der Waals surface area contributed by atoms with Crippen molar-refractivity contribution >= 4 is 0 Å². The van der Waals surface area contributed by atoms with Crippen molar-refractivity contribution in [2.24, 2.45) is 5.41 Å². The van der Waals surface area contributed by atoms with Crippen LogP contribution in [0.2, 0.25) is 0 Å². The van der Waals surface area contributed by atoms with Gasteiger partial charge in [0.25, 0.3) is 0 Å². The van der Waals surface area contributed by atoms with Gasteiger partial charge in [-0.05, 0) is 13.0 Å². The van der Waals surface area contributed by atoms with E-state index in [0.29, 0.717) is 33.4 Å². The third-order valence-corrected chi connectivity index (χ3v) is 2.38. The van der Waals surface area contributed by atoms with Crippen molar-refractivity contribution in [3.63, 3.8) is 0 Å². The fourth-order valence-corrected chi connectivity index (χ4v) is 1.76. The molecule has 0 bridgehead atoms. The van der Waals surface area contributed by atoms with E-state index >= 15 is 0 Å². The SMILES string of the molecule is CC=C1OCOCC12COCOC2. The monoisotopic (exact) mass is 186 g/mol. The predicted octanol–water partition coefficient (Wildman–Crippen LogP) is 0.885. The number of ether oxygens (including phenoxy) is 4. The molecule has 2 aliphatic heterocycles. The summed E-state index contributed by atoms with van der Waals surface area (Å²) >= 11 is 0. The van der Waals surface area contributed by atoms with Gasteiger partial charge in [0.2, 0.25) is 0 Å². The van der Waals surface area contributed by atoms with E-state index in [1.54, 1.807) is 0 Å². The Hall–Kier alpha value is -0.580. The molecule has 2 saturated heterocycles. The van der Waals surface area contributed by atoms with Gasteiger partial charge in [0.05, 0.1) is 25.2 Å². The van der Waals surface area contributed by atoms with Crippen LogP contribution in [0.4, 0.5) is 0 Å². The van der Waals surface area contributed by atoms with E-state index in [9.17, 15) is 0 Å². The van der Waals surface area contributed by atoms with E-state index in [-0.39, 0.29) is 5.41 Å². The molecule has 0 aliphatic carbocycles. The maximum Gasteiger partial charge on any atom is 0.188 e. The molecule has 0 aromatic heterocycles. The summed E-state index contributed by atoms with van der Waals surface area (Å²) in [6.07, 6.45) is 1.96. The topological polar surface area (TPSA) is 36.9 Å². The minimum Gasteiger partial charge on any atom is -0.471 e. The van der Waals surface area contributed by atoms with Crippen molar-refractivity contribution in [3.05, 3.63) is 11.8 Å². The highest BCUT2D eigenvalue weighted by Gasteiger charge is 2.41. The van der Waals surface area contributed by atoms with Crippen molar-refractivity contribution in [3.8, 4) is 0 Å². The molecule has 0 aromatic rings. The highest BCUT2D eigenvalue weighted by Crippen LogP contribution is 2.34. The molecule has 2 heterocycles. The van der Waals surface area contributed by atoms with Gasteiger partial charge in [-0.3, -0.25) is 0 Å². The minimum atomic E-state index is -0.203. The van der Waals surface area contributed by atoms with Crippen LogP contribution in [0, 0.1) is 5.41 Å². The molecule has 0 atom stereocenters. The first-order valence-electron chi connectivity index (χ1n) is 4.40. The van der Waals surface area contributed by atoms with Gasteiger partial charge in [0, 0.05) is 0 Å². The van der Waals surface area contributed by atoms with Gasteiger partial charge >= 0.3 is 0 Å². The van der Waals surface area contributed by atoms with Crippen molar-refractivity contribution in [1.29, 1.82) is 0 Å². The highest BCUT2D eigenvalue weighted by molar-refractivity contribution is 5.10. The minimum absolute atomic E-state index is 0.203. The summed E-state index contributed by atoms with van der Waals surface area (Å²) < 4.78 is 21.2. The Labute approximate surface area is 77.4 Å². The van der Waals surface area contributed by atoms with Crippen LogP contribution in [0.5, 0.6) is 0 Å². The summed E-state index contributed by atoms with van der Waals surface area (Å²) in [6.45, 7) is 4.52. The molecule has 0 unspecified atom stereocenters. The van der Waals surface area contributed by atoms with Gasteiger partial charge in [-0.15, -0.1) is 0 Å². The van der Waals surface area contributed by atoms with E-state index in [1.165, 1.54) is 0 Å². The zero-order chi connectivity index (χ0) is 9.15. The third-order valence-electron chi connectivity index (χ3n) is 2.38. The standard InChI is InChI=1S/C9H14O4/c1-2-8-9(5-12-7-13-8)3-10-6-11-4-9/h2H,3-7H2,1H3. The lowest BCUT2D eigenvalue weighted by molar-refractivity contribution is -0.217. The fraction of sp³-hybridized carbons (Fsp3) is 0.778. The zero-order valence-corrected chi connectivity index (χ0v) is 7.75. The van der Waals surface area contributed by atoms with Crippen LogP contribution in [-0.2, 0) is 18.9 Å². The first kappa shape index (κ1) is 8.99. The van der Waals surface area contributed by atoms with Gasteiger partial charge in [0.1, 0.15) is 12.6 Å². The van der Waals surface area contributed by atoms with Gasteiger partial charge in [-0.25, -0.2) is 0 Å². The van der Waals surface area contributed by atoms with Crippen LogP contribution in [0.15, 0.2) is 11.8 Å². The van der Waals surface area contributed by atoms with Crippen LogP contribution >= 0.6 is 0 Å². The van der Waals surface area contributed by atoms with Gasteiger partial charge in [-0.1, -0.05) is 0 Å². The quantitative estimate of drug-likeness (QED) is 0.563. The summed E-state index contributed by atoms with van der Waals surface area (Å²) in [6, 6.07) is 0. The van der Waals surface area contributed by atoms with Crippen LogP contribution in [0.3, 0.4) is 0 Å². The second-order valence-electron chi connectivity index (χ2n) is 3.36. The number of hydrogen-bond acceptors (Lipinski definition) is 4. The molecular weight excluding hydrogens is 172 g/mol. The van der Waals surface area contributed by atoms with Crippen molar-refractivity contribution in [1.82, 2.24) is 0 Å². The molecule has 4 nitrogen and oxygen atoms in total. The molecule has 0 amide bonds. The Morgan fingerprint density at radius 1 is 1.08 bits per heavy atom. The summed E-state index contributed by atoms with van der Waals surface area (Å²) in [5.41, 5.74) is -0.203. The molecular formula is C9H14O4. The van der Waals surface area contributed by atoms with E-state index in [4.69, 9.17) is 18.9 Å². The number of hydrogen-bond donors (Lipinski definition) is 0. The molecule has 0 saturated carbocycles. The maximum absolute atomic E-state index is 5.40. The normalized spacial score (nSPS) is 30.4. The first-order valence-corrected chi connectivity index (χ1v) is 4.40. The van der Waals surface area contributed by atoms with Gasteiger partial charge < -0.3 is 18.9 Å². The molecule has 0 aromatic carbocycles. The van der Waals surface area contributed by atoms with E-state index in [2.05, 4.69) is 0 Å². The molecule has 0 radical (unpaired) electrons. The fourth-order valence-electron chi connectivity index (χ4n) is 1.76. The van der Waals surface area contributed by atoms with Gasteiger partial charge in [0.15, 0.2) is 6.79 Å². The Bertz CT molecular complexity index is 197. The highest BCUT2D eigenvalue weighted by atomic mass is 16.7. The molecule has 2 fully saturated rings. The van der Waals surface area contributed by atoms with E-state index in [1.807, 2.05) is 13.0 Å². The maximum atomic E-state index is 5.40. The van der Waals surface area contributed by atoms with Crippen LogP contribution in [-0.4, -0.2) is 33.4 Å². The van der Waals surface area contributed by atoms with Crippen molar-refractivity contribution in [2.75, 3.05) is 33.4 Å². The molecule has 2 aliphatic rings. The van der Waals surface area contributed by atoms with E-state index < -0.39 is 0 Å². The Morgan fingerprint density at radius 2 is 1.69 bits per heavy atom. The van der Waals surface area contributed by atoms with E-state index in [0.717, 1.165) is 5.76 Å². The van der Waals surface area contributed by atoms with Crippen LogP contribution in [0.1, 0.15) is 6.92 Å². The second kappa shape index (κ2) is 3.65. The lowest BCUT2D eigenvalue weighted by Crippen LogP contribution is -2.46. The third kappa shape index (κ3) is 1.57. The molecule has 13 heavy (non-hydrogen) atoms. The Morgan fingerprint density at radius 3 is 2.31 bits per heavy atom. The Kier molecular flexibility index (Phi) is 2.53. The summed E-state index contributed by atoms with van der Waals surface area (Å²) in [5.74, 6) is 0.929. The number of allylic oxidation sites excluding steroid dienone is 1. The van der Waals surface area contributed by atoms with Gasteiger partial charge in [-0.2, -0.15) is 0 Å². The molecule has 1 spiro atoms. The lowest BCUT2D eigenvalue weighted by Gasteiger charge is -2.40. The van der Waals surface area contributed by atoms with Crippen LogP contribution < -0.4 is 0 Å². The second-order valence-corrected chi connectivity index (χ2v) is 3.36. The predicted molar refractivity (Wildman–Crippen MR) is 44.9 cm³/mol. The van der Waals surface area contributed by atoms with Crippen LogP contribution in [0.25, 0.3) is 0 Å². The zero-order valence-electron chi connectivity index (χ0n) is 7.75. The molecule has 2 rings (SSSR count). The molecule has 4 heteroatoms. The molecule has 0 N–H and O–H groups in total. The first-order chi connectivity index (χ1) is 6.37. The summed E-state index contributed by atoms with van der Waals surface area (Å²) in [7, 11) is 0. The lowest BCUT2D eigenvalue weighted by atomic mass is 9.87. The Balaban J connectivity index is 2.15. The molecule has 74 valence electrons. The average Bonchev–Trinajstić information content (AvgIpc) is 2.20. The number of rotatable bonds is 0. The summed E-state index contributed by atoms with van der Waals surface area (Å²) in [4.78, 5) is 0. The summed E-state index contributed by atoms with van der Waals surface area (Å²) in [5, 5.41) is 0. The van der Waals surface area contributed by atoms with Crippen molar-refractivity contribution < 1.29 is 18.9 Å². The smallest absolute Gasteiger partial charge is 0.188 e. The van der Waals surface area contributed by atoms with Crippen molar-refractivity contribution in [2.45, 2.75) is 6.92 Å².